The van der Waals surface area contributed by atoms with Crippen LogP contribution in [0.2, 0.25) is 0 Å². The van der Waals surface area contributed by atoms with Gasteiger partial charge in [0.05, 0.1) is 17.9 Å². The molecule has 2 aromatic heterocycles. The highest BCUT2D eigenvalue weighted by molar-refractivity contribution is 5.61. The highest BCUT2D eigenvalue weighted by atomic mass is 19.1. The highest BCUT2D eigenvalue weighted by Gasteiger charge is 2.11. The molecule has 0 fully saturated rings. The lowest BCUT2D eigenvalue weighted by atomic mass is 10.1. The predicted octanol–water partition coefficient (Wildman–Crippen LogP) is 3.14. The molecule has 130 valence electrons. The molecule has 2 heterocycles. The fourth-order valence-electron chi connectivity index (χ4n) is 2.77. The lowest BCUT2D eigenvalue weighted by Gasteiger charge is -2.06. The van der Waals surface area contributed by atoms with Crippen molar-refractivity contribution in [2.24, 2.45) is 0 Å². The van der Waals surface area contributed by atoms with Gasteiger partial charge in [-0.2, -0.15) is 9.50 Å². The maximum Gasteiger partial charge on any atom is 0.274 e. The Kier molecular flexibility index (Phi) is 3.96. The van der Waals surface area contributed by atoms with Gasteiger partial charge in [0, 0.05) is 11.6 Å². The van der Waals surface area contributed by atoms with E-state index in [9.17, 15) is 9.18 Å². The first-order valence-electron chi connectivity index (χ1n) is 8.15. The Bertz CT molecular complexity index is 1150. The number of para-hydroxylation sites is 1. The van der Waals surface area contributed by atoms with E-state index in [2.05, 4.69) is 20.4 Å². The number of rotatable bonds is 4. The normalized spacial score (nSPS) is 11.0. The Morgan fingerprint density at radius 2 is 1.88 bits per heavy atom. The van der Waals surface area contributed by atoms with E-state index in [1.165, 1.54) is 16.6 Å². The van der Waals surface area contributed by atoms with Crippen LogP contribution in [-0.4, -0.2) is 19.6 Å². The van der Waals surface area contributed by atoms with Crippen molar-refractivity contribution < 1.29 is 4.39 Å². The van der Waals surface area contributed by atoms with Gasteiger partial charge in [-0.3, -0.25) is 9.89 Å². The summed E-state index contributed by atoms with van der Waals surface area (Å²) in [6.45, 7) is 2.20. The molecule has 0 spiro atoms. The quantitative estimate of drug-likeness (QED) is 0.593. The van der Waals surface area contributed by atoms with Crippen LogP contribution >= 0.6 is 0 Å². The molecule has 4 rings (SSSR count). The predicted molar refractivity (Wildman–Crippen MR) is 97.5 cm³/mol. The maximum atomic E-state index is 13.7. The fourth-order valence-corrected chi connectivity index (χ4v) is 2.77. The van der Waals surface area contributed by atoms with Gasteiger partial charge < -0.3 is 5.32 Å². The number of aromatic nitrogens is 4. The molecule has 0 atom stereocenters. The summed E-state index contributed by atoms with van der Waals surface area (Å²) in [5.41, 5.74) is 2.52. The van der Waals surface area contributed by atoms with Crippen molar-refractivity contribution in [2.45, 2.75) is 13.5 Å². The Balaban J connectivity index is 1.67. The number of H-pyrrole nitrogens is 1. The van der Waals surface area contributed by atoms with Gasteiger partial charge in [0.15, 0.2) is 5.82 Å². The van der Waals surface area contributed by atoms with E-state index < -0.39 is 0 Å². The number of benzene rings is 2. The number of fused-ring (bicyclic) bond motifs is 1. The van der Waals surface area contributed by atoms with Crippen LogP contribution in [0.15, 0.2) is 59.4 Å². The molecule has 2 N–H and O–H groups in total. The smallest absolute Gasteiger partial charge is 0.274 e. The van der Waals surface area contributed by atoms with Crippen LogP contribution in [0.5, 0.6) is 0 Å². The van der Waals surface area contributed by atoms with Gasteiger partial charge in [-0.05, 0) is 24.6 Å². The Morgan fingerprint density at radius 1 is 1.12 bits per heavy atom. The minimum Gasteiger partial charge on any atom is -0.377 e. The van der Waals surface area contributed by atoms with Crippen molar-refractivity contribution in [3.63, 3.8) is 0 Å². The first kappa shape index (κ1) is 16.0. The molecule has 7 heteroatoms. The van der Waals surface area contributed by atoms with Crippen molar-refractivity contribution in [3.05, 3.63) is 82.0 Å². The zero-order valence-corrected chi connectivity index (χ0v) is 14.0. The van der Waals surface area contributed by atoms with Crippen molar-refractivity contribution in [1.29, 1.82) is 0 Å². The molecular weight excluding hydrogens is 333 g/mol. The third-order valence-electron chi connectivity index (χ3n) is 4.12. The maximum absolute atomic E-state index is 13.7. The summed E-state index contributed by atoms with van der Waals surface area (Å²) in [6.07, 6.45) is 0. The second-order valence-electron chi connectivity index (χ2n) is 5.94. The summed E-state index contributed by atoms with van der Waals surface area (Å²) in [5.74, 6) is 0.500. The van der Waals surface area contributed by atoms with E-state index in [4.69, 9.17) is 0 Å². The monoisotopic (exact) mass is 349 g/mol. The summed E-state index contributed by atoms with van der Waals surface area (Å²) in [6, 6.07) is 15.5. The molecule has 0 aliphatic rings. The van der Waals surface area contributed by atoms with Gasteiger partial charge in [0.2, 0.25) is 0 Å². The van der Waals surface area contributed by atoms with Gasteiger partial charge >= 0.3 is 0 Å². The molecule has 4 aromatic rings. The summed E-state index contributed by atoms with van der Waals surface area (Å²) in [4.78, 5) is 21.2. The standard InChI is InChI=1S/C19H16FN5O/c1-12-6-2-3-7-14(12)18-23-19-22-13(10-17(26)25(19)24-18)11-21-16-9-5-4-8-15(16)20/h2-10,21H,11H2,1H3,(H,22,23,24). The Morgan fingerprint density at radius 3 is 2.69 bits per heavy atom. The molecule has 6 nitrogen and oxygen atoms in total. The summed E-state index contributed by atoms with van der Waals surface area (Å²) < 4.78 is 15.0. The van der Waals surface area contributed by atoms with E-state index in [1.807, 2.05) is 31.2 Å². The fraction of sp³-hybridized carbons (Fsp3) is 0.105. The second kappa shape index (κ2) is 6.44. The van der Waals surface area contributed by atoms with Crippen LogP contribution in [0.3, 0.4) is 0 Å². The molecule has 0 unspecified atom stereocenters. The van der Waals surface area contributed by atoms with E-state index >= 15 is 0 Å². The molecule has 0 bridgehead atoms. The number of nitrogens with zero attached hydrogens (tertiary/aromatic N) is 3. The number of nitrogens with one attached hydrogen (secondary N) is 2. The molecule has 0 saturated heterocycles. The molecule has 0 amide bonds. The van der Waals surface area contributed by atoms with Gasteiger partial charge in [0.25, 0.3) is 11.3 Å². The summed E-state index contributed by atoms with van der Waals surface area (Å²) in [5, 5.41) is 5.93. The molecule has 0 aliphatic carbocycles. The third kappa shape index (κ3) is 2.95. The molecule has 0 radical (unpaired) electrons. The third-order valence-corrected chi connectivity index (χ3v) is 4.12. The van der Waals surface area contributed by atoms with Gasteiger partial charge in [-0.1, -0.05) is 36.4 Å². The number of anilines is 1. The number of halogens is 1. The van der Waals surface area contributed by atoms with Crippen molar-refractivity contribution in [2.75, 3.05) is 5.32 Å². The first-order valence-corrected chi connectivity index (χ1v) is 8.15. The number of hydrogen-bond donors (Lipinski definition) is 2. The first-order chi connectivity index (χ1) is 12.6. The van der Waals surface area contributed by atoms with Crippen molar-refractivity contribution >= 4 is 11.5 Å². The molecule has 0 saturated carbocycles. The van der Waals surface area contributed by atoms with E-state index in [-0.39, 0.29) is 23.7 Å². The van der Waals surface area contributed by atoms with Crippen LogP contribution in [0.25, 0.3) is 17.2 Å². The number of aromatic amines is 1. The summed E-state index contributed by atoms with van der Waals surface area (Å²) in [7, 11) is 0. The van der Waals surface area contributed by atoms with Crippen LogP contribution in [-0.2, 0) is 6.54 Å². The Labute approximate surface area is 148 Å². The lowest BCUT2D eigenvalue weighted by Crippen LogP contribution is -2.17. The minimum absolute atomic E-state index is 0.221. The van der Waals surface area contributed by atoms with Crippen molar-refractivity contribution in [1.82, 2.24) is 19.6 Å². The number of hydrogen-bond acceptors (Lipinski definition) is 4. The average molecular weight is 349 g/mol. The van der Waals surface area contributed by atoms with E-state index in [0.29, 0.717) is 17.2 Å². The summed E-state index contributed by atoms with van der Waals surface area (Å²) >= 11 is 0. The largest absolute Gasteiger partial charge is 0.377 e. The van der Waals surface area contributed by atoms with E-state index in [0.717, 1.165) is 11.1 Å². The molecule has 0 aliphatic heterocycles. The van der Waals surface area contributed by atoms with Crippen LogP contribution < -0.4 is 10.9 Å². The zero-order valence-electron chi connectivity index (χ0n) is 14.0. The van der Waals surface area contributed by atoms with Gasteiger partial charge in [-0.15, -0.1) is 0 Å². The zero-order chi connectivity index (χ0) is 18.1. The van der Waals surface area contributed by atoms with Crippen molar-refractivity contribution in [3.8, 4) is 11.4 Å². The highest BCUT2D eigenvalue weighted by Crippen LogP contribution is 2.19. The van der Waals surface area contributed by atoms with Gasteiger partial charge in [0.1, 0.15) is 5.82 Å². The molecule has 26 heavy (non-hydrogen) atoms. The SMILES string of the molecule is Cc1ccccc1-c1nc2nc(CNc3ccccc3F)cc(=O)n2[nH]1. The second-order valence-corrected chi connectivity index (χ2v) is 5.94. The Hall–Kier alpha value is -3.48. The average Bonchev–Trinajstić information content (AvgIpc) is 3.06. The van der Waals surface area contributed by atoms with Crippen LogP contribution in [0.1, 0.15) is 11.3 Å². The molecular formula is C19H16FN5O. The van der Waals surface area contributed by atoms with Crippen LogP contribution in [0, 0.1) is 12.7 Å². The number of aryl methyl sites for hydroxylation is 1. The lowest BCUT2D eigenvalue weighted by molar-refractivity contribution is 0.630. The van der Waals surface area contributed by atoms with Gasteiger partial charge in [-0.25, -0.2) is 9.37 Å². The van der Waals surface area contributed by atoms with E-state index in [1.54, 1.807) is 18.2 Å². The molecule has 2 aromatic carbocycles. The topological polar surface area (TPSA) is 75.1 Å². The van der Waals surface area contributed by atoms with Crippen LogP contribution in [0.4, 0.5) is 10.1 Å². The minimum atomic E-state index is -0.355.